The normalized spacial score (nSPS) is 25.5. The molecule has 0 aromatic heterocycles. The van der Waals surface area contributed by atoms with E-state index in [1.165, 1.54) is 257 Å². The first-order valence-electron chi connectivity index (χ1n) is 36.9. The van der Waals surface area contributed by atoms with Gasteiger partial charge in [-0.15, -0.1) is 0 Å². The highest BCUT2D eigenvalue weighted by Gasteiger charge is 2.08. The lowest BCUT2D eigenvalue weighted by molar-refractivity contribution is 0.465. The summed E-state index contributed by atoms with van der Waals surface area (Å²) in [5, 5.41) is 0. The van der Waals surface area contributed by atoms with Crippen LogP contribution in [-0.2, 0) is 0 Å². The van der Waals surface area contributed by atoms with Gasteiger partial charge in [0.05, 0.1) is 0 Å². The highest BCUT2D eigenvalue weighted by molar-refractivity contribution is 5.07. The zero-order chi connectivity index (χ0) is 61.4. The van der Waals surface area contributed by atoms with E-state index < -0.39 is 0 Å². The topological polar surface area (TPSA) is 0 Å². The lowest BCUT2D eigenvalue weighted by atomic mass is 9.92. The molecule has 0 radical (unpaired) electrons. The monoisotopic (exact) mass is 1150 g/mol. The van der Waals surface area contributed by atoms with Gasteiger partial charge in [0.1, 0.15) is 0 Å². The lowest BCUT2D eigenvalue weighted by Gasteiger charge is -2.13. The van der Waals surface area contributed by atoms with E-state index in [9.17, 15) is 0 Å². The van der Waals surface area contributed by atoms with Crippen molar-refractivity contribution in [1.29, 1.82) is 0 Å². The molecule has 12 aliphatic rings. The van der Waals surface area contributed by atoms with E-state index in [0.717, 1.165) is 47.3 Å². The van der Waals surface area contributed by atoms with Gasteiger partial charge in [-0.3, -0.25) is 0 Å². The van der Waals surface area contributed by atoms with E-state index in [-0.39, 0.29) is 0 Å². The van der Waals surface area contributed by atoms with Crippen molar-refractivity contribution in [1.82, 2.24) is 0 Å². The summed E-state index contributed by atoms with van der Waals surface area (Å²) < 4.78 is 0. The van der Waals surface area contributed by atoms with E-state index in [1.807, 2.05) is 0 Å². The fourth-order valence-corrected chi connectivity index (χ4v) is 12.1. The van der Waals surface area contributed by atoms with Crippen molar-refractivity contribution >= 4 is 0 Å². The second-order valence-corrected chi connectivity index (χ2v) is 27.0. The van der Waals surface area contributed by atoms with Crippen molar-refractivity contribution in [3.63, 3.8) is 0 Å². The second kappa shape index (κ2) is 57.6. The molecule has 0 saturated heterocycles. The molecule has 0 aliphatic heterocycles. The average molecular weight is 1150 g/mol. The molecule has 0 bridgehead atoms. The van der Waals surface area contributed by atoms with Gasteiger partial charge in [-0.05, 0) is 305 Å². The summed E-state index contributed by atoms with van der Waals surface area (Å²) in [5.74, 6) is 7.41. The van der Waals surface area contributed by atoms with Crippen LogP contribution >= 0.6 is 0 Å². The molecule has 0 saturated carbocycles. The van der Waals surface area contributed by atoms with Gasteiger partial charge in [0.15, 0.2) is 0 Å². The number of hydrogen-bond acceptors (Lipinski definition) is 0. The molecule has 12 aliphatic carbocycles. The Balaban J connectivity index is 0.000000459. The second-order valence-electron chi connectivity index (χ2n) is 27.0. The first kappa shape index (κ1) is 78.9. The Hall–Kier alpha value is -3.12. The molecule has 0 heterocycles. The Morgan fingerprint density at radius 3 is 0.964 bits per heavy atom. The minimum atomic E-state index is 0.855. The Kier molecular flexibility index (Phi) is 54.1. The molecule has 0 heteroatoms. The highest BCUT2D eigenvalue weighted by Crippen LogP contribution is 2.25. The Bertz CT molecular complexity index is 1860. The third-order valence-corrected chi connectivity index (χ3v) is 18.9. The van der Waals surface area contributed by atoms with Crippen LogP contribution in [0.25, 0.3) is 0 Å². The molecule has 0 N–H and O–H groups in total. The number of rotatable bonds is 6. The molecule has 84 heavy (non-hydrogen) atoms. The summed E-state index contributed by atoms with van der Waals surface area (Å²) in [6.45, 7) is 27.1. The molecule has 0 fully saturated rings. The fourth-order valence-electron chi connectivity index (χ4n) is 12.1. The smallest absolute Gasteiger partial charge is 0.0233 e. The fraction of sp³-hybridized carbons (Fsp3) is 0.714. The minimum Gasteiger partial charge on any atom is -0.0885 e. The van der Waals surface area contributed by atoms with Crippen LogP contribution in [0, 0.1) is 47.3 Å². The summed E-state index contributed by atoms with van der Waals surface area (Å²) in [7, 11) is 0. The zero-order valence-corrected chi connectivity index (χ0v) is 58.5. The highest BCUT2D eigenvalue weighted by atomic mass is 14.1. The maximum atomic E-state index is 2.41. The zero-order valence-electron chi connectivity index (χ0n) is 58.5. The van der Waals surface area contributed by atoms with Crippen LogP contribution in [0.1, 0.15) is 340 Å². The van der Waals surface area contributed by atoms with Crippen LogP contribution in [0.4, 0.5) is 0 Å². The first-order chi connectivity index (χ1) is 41.0. The minimum absolute atomic E-state index is 0.855. The Morgan fingerprint density at radius 1 is 0.298 bits per heavy atom. The molecule has 6 atom stereocenters. The molecular weight excluding hydrogens is 1010 g/mol. The van der Waals surface area contributed by atoms with E-state index in [1.54, 1.807) is 22.3 Å². The van der Waals surface area contributed by atoms with Gasteiger partial charge < -0.3 is 0 Å². The van der Waals surface area contributed by atoms with Crippen molar-refractivity contribution in [2.24, 2.45) is 47.3 Å². The van der Waals surface area contributed by atoms with Crippen LogP contribution in [0.3, 0.4) is 0 Å². The third-order valence-electron chi connectivity index (χ3n) is 18.9. The van der Waals surface area contributed by atoms with E-state index in [0.29, 0.717) is 0 Å². The summed E-state index contributed by atoms with van der Waals surface area (Å²) >= 11 is 0. The molecule has 0 amide bonds. The molecule has 480 valence electrons. The van der Waals surface area contributed by atoms with Crippen LogP contribution < -0.4 is 0 Å². The lowest BCUT2D eigenvalue weighted by Crippen LogP contribution is -1.99. The molecule has 12 rings (SSSR count). The maximum absolute atomic E-state index is 2.41. The predicted molar refractivity (Wildman–Crippen MR) is 386 cm³/mol. The van der Waals surface area contributed by atoms with Gasteiger partial charge in [0.2, 0.25) is 0 Å². The summed E-state index contributed by atoms with van der Waals surface area (Å²) in [5.41, 5.74) is 6.51. The molecule has 0 aromatic carbocycles. The van der Waals surface area contributed by atoms with Gasteiger partial charge in [-0.2, -0.15) is 0 Å². The summed E-state index contributed by atoms with van der Waals surface area (Å²) in [6, 6.07) is 0. The Morgan fingerprint density at radius 2 is 0.714 bits per heavy atom. The van der Waals surface area contributed by atoms with Crippen LogP contribution in [-0.4, -0.2) is 0 Å². The van der Waals surface area contributed by atoms with Crippen molar-refractivity contribution in [2.75, 3.05) is 0 Å². The van der Waals surface area contributed by atoms with Crippen LogP contribution in [0.2, 0.25) is 0 Å². The number of allylic oxidation sites excluding steroid dienone is 24. The standard InChI is InChI=1S/3C8H14.6C7H12.3C6H10/c3*1-2-8-6-4-3-5-7-8;3*1-7-5-3-2-4-6-7;3*1-2-7-5-3-4-6-7;3*1-6-4-2-3-5-6/h6H,2-5,7H2,1H3;4,6,8H,2-3,5,7H2,1H3;3-4,8H,2,5-7H2,1H3;5H,2-4,6H2,1H3;3,5,7H,2,4,6H2,1H3;2-3,7H,4-6H2,1H3;5H,2-4,6H2,1H3;3,5,7H,2,4,6H2,1H3;3-4,7H,2,5-6H2,1H3;4H,2-3,5H2,1H3;2,4,6H,3,5H2,1H3;2-3,6H,4-5H2,1H3. The Labute approximate surface area is 528 Å². The van der Waals surface area contributed by atoms with Crippen LogP contribution in [0.5, 0.6) is 0 Å². The van der Waals surface area contributed by atoms with E-state index in [2.05, 4.69) is 205 Å². The van der Waals surface area contributed by atoms with Crippen molar-refractivity contribution in [3.8, 4) is 0 Å². The molecule has 0 spiro atoms. The molecule has 0 aromatic rings. The van der Waals surface area contributed by atoms with Gasteiger partial charge >= 0.3 is 0 Å². The van der Waals surface area contributed by atoms with Crippen molar-refractivity contribution in [3.05, 3.63) is 144 Å². The van der Waals surface area contributed by atoms with Gasteiger partial charge in [-0.1, -0.05) is 226 Å². The SMILES string of the molecule is CC1=CCCC1.CC1=CCCCC1.CC1C=CCC1.CC1C=CCCC1.CC1CC=CC1.CC1CC=CCC1.CCC1=CCCC1.CCC1=CCCCC1.CCC1C=CCC1.CCC1C=CCCC1.CCC1CC=CC1.CCC1CC=CCC1. The first-order valence-corrected chi connectivity index (χ1v) is 36.9. The van der Waals surface area contributed by atoms with Gasteiger partial charge in [0, 0.05) is 0 Å². The molecular formula is C84H144. The van der Waals surface area contributed by atoms with Gasteiger partial charge in [0.25, 0.3) is 0 Å². The average Bonchev–Trinajstić information content (AvgIpc) is 4.43. The largest absolute Gasteiger partial charge is 0.0885 e. The van der Waals surface area contributed by atoms with E-state index >= 15 is 0 Å². The van der Waals surface area contributed by atoms with Crippen LogP contribution in [0.15, 0.2) is 144 Å². The summed E-state index contributed by atoms with van der Waals surface area (Å²) in [6.07, 6.45) is 100. The van der Waals surface area contributed by atoms with Gasteiger partial charge in [-0.25, -0.2) is 0 Å². The molecule has 0 nitrogen and oxygen atoms in total. The van der Waals surface area contributed by atoms with Crippen molar-refractivity contribution in [2.45, 2.75) is 340 Å². The maximum Gasteiger partial charge on any atom is -0.0233 e. The molecule has 6 unspecified atom stereocenters. The van der Waals surface area contributed by atoms with E-state index in [4.69, 9.17) is 0 Å². The van der Waals surface area contributed by atoms with Crippen molar-refractivity contribution < 1.29 is 0 Å². The third kappa shape index (κ3) is 48.9. The predicted octanol–water partition coefficient (Wildman–Crippen LogP) is 28.9. The quantitative estimate of drug-likeness (QED) is 0.233. The number of hydrogen-bond donors (Lipinski definition) is 0. The summed E-state index contributed by atoms with van der Waals surface area (Å²) in [4.78, 5) is 0.